The molecule has 9 rings (SSSR count). The Morgan fingerprint density at radius 3 is 2.44 bits per heavy atom. The number of rotatable bonds is 5. The van der Waals surface area contributed by atoms with E-state index in [2.05, 4.69) is 16.9 Å². The maximum absolute atomic E-state index is 18.0. The molecule has 5 aliphatic rings. The number of alkyl halides is 4. The van der Waals surface area contributed by atoms with Crippen molar-refractivity contribution in [2.75, 3.05) is 36.5 Å². The van der Waals surface area contributed by atoms with Crippen LogP contribution in [0.5, 0.6) is 6.01 Å². The summed E-state index contributed by atoms with van der Waals surface area (Å²) in [5.74, 6) is -2.43. The Balaban J connectivity index is 1.28. The molecular weight excluding hydrogens is 865 g/mol. The lowest BCUT2D eigenvalue weighted by atomic mass is 9.85. The molecule has 4 fully saturated rings. The number of nitrogens with zero attached hydrogens (tertiary/aromatic N) is 6. The van der Waals surface area contributed by atoms with Crippen molar-refractivity contribution in [3.05, 3.63) is 47.0 Å². The van der Waals surface area contributed by atoms with Crippen LogP contribution in [0, 0.1) is 23.0 Å². The highest BCUT2D eigenvalue weighted by molar-refractivity contribution is 7.23. The molecule has 0 saturated carbocycles. The molecule has 7 heterocycles. The largest absolute Gasteiger partial charge is 0.461 e. The van der Waals surface area contributed by atoms with Crippen molar-refractivity contribution in [3.8, 4) is 23.2 Å². The summed E-state index contributed by atoms with van der Waals surface area (Å²) in [4.78, 5) is 41.3. The Bertz CT molecular complexity index is 2690. The summed E-state index contributed by atoms with van der Waals surface area (Å²) in [5, 5.41) is 12.0. The predicted octanol–water partition coefficient (Wildman–Crippen LogP) is 10.4. The van der Waals surface area contributed by atoms with Gasteiger partial charge < -0.3 is 19.1 Å². The van der Waals surface area contributed by atoms with Crippen LogP contribution in [0.15, 0.2) is 18.7 Å². The zero-order valence-corrected chi connectivity index (χ0v) is 37.0. The number of fused-ring (bicyclic) bond motifs is 7. The molecule has 2 bridgehead atoms. The van der Waals surface area contributed by atoms with Crippen LogP contribution in [0.2, 0.25) is 0 Å². The molecule has 19 heteroatoms. The number of ether oxygens (including phenoxy) is 3. The molecule has 2 aromatic carbocycles. The van der Waals surface area contributed by atoms with Gasteiger partial charge in [-0.2, -0.15) is 28.4 Å². The zero-order chi connectivity index (χ0) is 46.0. The Labute approximate surface area is 369 Å². The van der Waals surface area contributed by atoms with Gasteiger partial charge >= 0.3 is 24.4 Å². The molecule has 2 amide bonds. The van der Waals surface area contributed by atoms with Gasteiger partial charge in [0, 0.05) is 36.0 Å². The van der Waals surface area contributed by atoms with Crippen LogP contribution in [0.4, 0.5) is 46.8 Å². The second-order valence-electron chi connectivity index (χ2n) is 19.4. The summed E-state index contributed by atoms with van der Waals surface area (Å²) in [6.07, 6.45) is -5.42. The molecule has 64 heavy (non-hydrogen) atoms. The maximum atomic E-state index is 18.0. The van der Waals surface area contributed by atoms with E-state index < -0.39 is 104 Å². The third kappa shape index (κ3) is 7.34. The number of aromatic nitrogens is 2. The number of nitriles is 1. The van der Waals surface area contributed by atoms with Crippen LogP contribution in [-0.4, -0.2) is 99.2 Å². The van der Waals surface area contributed by atoms with Crippen molar-refractivity contribution in [1.29, 1.82) is 5.26 Å². The molecular formula is C45H47F6N7O5S. The second kappa shape index (κ2) is 15.1. The summed E-state index contributed by atoms with van der Waals surface area (Å²) in [7, 11) is 0. The van der Waals surface area contributed by atoms with Crippen LogP contribution < -0.4 is 15.0 Å². The van der Waals surface area contributed by atoms with Gasteiger partial charge in [0.25, 0.3) is 0 Å². The third-order valence-corrected chi connectivity index (χ3v) is 13.9. The lowest BCUT2D eigenvalue weighted by Crippen LogP contribution is -2.62. The minimum absolute atomic E-state index is 0.0454. The van der Waals surface area contributed by atoms with Crippen LogP contribution in [0.1, 0.15) is 96.8 Å². The minimum Gasteiger partial charge on any atom is -0.461 e. The number of thiophene rings is 1. The molecule has 5 atom stereocenters. The molecule has 12 nitrogen and oxygen atoms in total. The lowest BCUT2D eigenvalue weighted by Gasteiger charge is -2.47. The standard InChI is InChI=1S/C45H47F6N7O5S/c1-21-15-28-27-12-9-23(58(27)41(60)63-43(5,6)7)19-57(28)37-32-29(21)33(45(49,50)51)31(34(48)35(32)53-39(54-37)61-20-44-13-8-14-56(44)18-22(46)16-44)24-10-11-26(47)36-30(24)25(17-52)38(64-36)55-40(59)62-42(2,3)4/h10-11,22-23,27-28H,1,8-9,12-16,18-20H2,2-7H3,(H,55,59)/t22-,23-,27+,28-,44+/m1/s1. The van der Waals surface area contributed by atoms with Crippen molar-refractivity contribution in [3.63, 3.8) is 0 Å². The molecule has 0 spiro atoms. The first kappa shape index (κ1) is 43.9. The summed E-state index contributed by atoms with van der Waals surface area (Å²) in [5.41, 5.74) is -6.95. The van der Waals surface area contributed by atoms with Crippen molar-refractivity contribution in [2.24, 2.45) is 0 Å². The summed E-state index contributed by atoms with van der Waals surface area (Å²) in [6.45, 7) is 15.1. The average molecular weight is 912 g/mol. The number of amides is 2. The van der Waals surface area contributed by atoms with Crippen molar-refractivity contribution in [1.82, 2.24) is 19.8 Å². The number of halogens is 6. The Morgan fingerprint density at radius 1 is 1.02 bits per heavy atom. The van der Waals surface area contributed by atoms with Gasteiger partial charge in [0.05, 0.1) is 44.9 Å². The number of carbonyl (C=O) groups is 2. The number of benzene rings is 2. The van der Waals surface area contributed by atoms with Gasteiger partial charge in [-0.05, 0) is 97.4 Å². The Kier molecular flexibility index (Phi) is 10.4. The highest BCUT2D eigenvalue weighted by Crippen LogP contribution is 2.55. The first-order valence-electron chi connectivity index (χ1n) is 21.3. The molecule has 1 N–H and O–H groups in total. The van der Waals surface area contributed by atoms with Crippen LogP contribution >= 0.6 is 11.3 Å². The molecule has 4 saturated heterocycles. The van der Waals surface area contributed by atoms with Gasteiger partial charge in [0.15, 0.2) is 5.82 Å². The van der Waals surface area contributed by atoms with Crippen molar-refractivity contribution in [2.45, 2.75) is 127 Å². The molecule has 340 valence electrons. The van der Waals surface area contributed by atoms with Gasteiger partial charge in [0.2, 0.25) is 0 Å². The fraction of sp³-hybridized carbons (Fsp3) is 0.533. The van der Waals surface area contributed by atoms with Crippen molar-refractivity contribution < 1.29 is 50.1 Å². The van der Waals surface area contributed by atoms with E-state index in [1.165, 1.54) is 0 Å². The highest BCUT2D eigenvalue weighted by Gasteiger charge is 2.54. The fourth-order valence-corrected chi connectivity index (χ4v) is 11.6. The quantitative estimate of drug-likeness (QED) is 0.193. The topological polar surface area (TPSA) is 133 Å². The predicted molar refractivity (Wildman–Crippen MR) is 228 cm³/mol. The SMILES string of the molecule is C=C1C[C@@H]2[C@@H]3CC[C@H](CN2c2nc(OC[C@@]45CCCN4C[C@H](F)C5)nc4c(F)c(-c5ccc(F)c6sc(NC(=O)OC(C)(C)C)c(C#N)c56)c(C(F)(F)F)c1c24)N3C(=O)OC(C)(C)C. The Morgan fingerprint density at radius 2 is 1.75 bits per heavy atom. The minimum atomic E-state index is -5.29. The number of piperazine rings is 1. The van der Waals surface area contributed by atoms with Crippen LogP contribution in [0.25, 0.3) is 37.7 Å². The molecule has 4 aromatic rings. The summed E-state index contributed by atoms with van der Waals surface area (Å²) >= 11 is 0.587. The summed E-state index contributed by atoms with van der Waals surface area (Å²) in [6, 6.07) is 1.68. The highest BCUT2D eigenvalue weighted by atomic mass is 32.1. The van der Waals surface area contributed by atoms with Gasteiger partial charge in [-0.1, -0.05) is 12.6 Å². The molecule has 5 aliphatic heterocycles. The first-order valence-corrected chi connectivity index (χ1v) is 22.1. The van der Waals surface area contributed by atoms with E-state index in [1.807, 2.05) is 11.0 Å². The Hall–Kier alpha value is -5.35. The zero-order valence-electron chi connectivity index (χ0n) is 36.1. The number of hydrogen-bond donors (Lipinski definition) is 1. The van der Waals surface area contributed by atoms with E-state index in [0.29, 0.717) is 37.1 Å². The third-order valence-electron chi connectivity index (χ3n) is 12.8. The van der Waals surface area contributed by atoms with E-state index in [1.54, 1.807) is 51.3 Å². The average Bonchev–Trinajstić information content (AvgIpc) is 3.90. The maximum Gasteiger partial charge on any atom is 0.417 e. The van der Waals surface area contributed by atoms with Gasteiger partial charge in [-0.15, -0.1) is 11.3 Å². The van der Waals surface area contributed by atoms with Gasteiger partial charge in [-0.3, -0.25) is 15.1 Å². The van der Waals surface area contributed by atoms with E-state index in [4.69, 9.17) is 19.2 Å². The van der Waals surface area contributed by atoms with Crippen LogP contribution in [-0.2, 0) is 15.7 Å². The van der Waals surface area contributed by atoms with E-state index in [9.17, 15) is 19.2 Å². The number of hydrogen-bond acceptors (Lipinski definition) is 11. The van der Waals surface area contributed by atoms with E-state index in [0.717, 1.165) is 18.6 Å². The van der Waals surface area contributed by atoms with Crippen molar-refractivity contribution >= 4 is 60.9 Å². The van der Waals surface area contributed by atoms with Gasteiger partial charge in [0.1, 0.15) is 52.2 Å². The number of carbonyl (C=O) groups excluding carboxylic acids is 2. The van der Waals surface area contributed by atoms with Gasteiger partial charge in [-0.25, -0.2) is 22.8 Å². The molecule has 0 unspecified atom stereocenters. The molecule has 2 aromatic heterocycles. The van der Waals surface area contributed by atoms with Crippen LogP contribution in [0.3, 0.4) is 0 Å². The lowest BCUT2D eigenvalue weighted by molar-refractivity contribution is -0.137. The van der Waals surface area contributed by atoms with E-state index >= 15 is 22.0 Å². The normalized spacial score (nSPS) is 24.5. The molecule has 0 aliphatic carbocycles. The second-order valence-corrected chi connectivity index (χ2v) is 20.4. The summed E-state index contributed by atoms with van der Waals surface area (Å²) < 4.78 is 114. The number of anilines is 2. The monoisotopic (exact) mass is 911 g/mol. The van der Waals surface area contributed by atoms with E-state index in [-0.39, 0.29) is 70.4 Å². The molecule has 0 radical (unpaired) electrons. The first-order chi connectivity index (χ1) is 30.0. The number of nitrogens with one attached hydrogen (secondary N) is 1. The fourth-order valence-electron chi connectivity index (χ4n) is 10.6. The smallest absolute Gasteiger partial charge is 0.417 e.